The van der Waals surface area contributed by atoms with Gasteiger partial charge in [-0.3, -0.25) is 4.79 Å². The third kappa shape index (κ3) is 9.55. The Morgan fingerprint density at radius 3 is 2.43 bits per heavy atom. The minimum Gasteiger partial charge on any atom is -0.465 e. The number of methoxy groups -OCH3 is 1. The monoisotopic (exact) mass is 692 g/mol. The average Bonchev–Trinajstić information content (AvgIpc) is 3.36. The maximum atomic E-state index is 12.3. The molecule has 0 unspecified atom stereocenters. The van der Waals surface area contributed by atoms with Crippen molar-refractivity contribution < 1.29 is 47.4 Å². The Bertz CT molecular complexity index is 1170. The molecule has 0 radical (unpaired) electrons. The highest BCUT2D eigenvalue weighted by atomic mass is 16.8. The average molecular weight is 693 g/mol. The molecule has 10 nitrogen and oxygen atoms in total. The van der Waals surface area contributed by atoms with Gasteiger partial charge in [0.15, 0.2) is 17.4 Å². The predicted molar refractivity (Wildman–Crippen MR) is 185 cm³/mol. The summed E-state index contributed by atoms with van der Waals surface area (Å²) in [6.07, 6.45) is 9.46. The van der Waals surface area contributed by atoms with Gasteiger partial charge in [0.2, 0.25) is 0 Å². The van der Waals surface area contributed by atoms with Crippen LogP contribution in [0.2, 0.25) is 0 Å². The number of hydrogen-bond donors (Lipinski definition) is 0. The largest absolute Gasteiger partial charge is 0.465 e. The van der Waals surface area contributed by atoms with E-state index in [1.807, 2.05) is 54.5 Å². The van der Waals surface area contributed by atoms with E-state index in [4.69, 9.17) is 42.6 Å². The van der Waals surface area contributed by atoms with Crippen molar-refractivity contribution >= 4 is 5.97 Å². The zero-order chi connectivity index (χ0) is 35.8. The molecule has 5 rings (SSSR count). The first kappa shape index (κ1) is 38.9. The molecule has 1 spiro atoms. The summed E-state index contributed by atoms with van der Waals surface area (Å²) in [6.45, 7) is 22.7. The van der Waals surface area contributed by atoms with Gasteiger partial charge in [0.1, 0.15) is 12.2 Å². The van der Waals surface area contributed by atoms with E-state index in [0.29, 0.717) is 26.1 Å². The van der Waals surface area contributed by atoms with Crippen molar-refractivity contribution in [2.75, 3.05) is 20.3 Å². The van der Waals surface area contributed by atoms with Crippen molar-refractivity contribution in [3.05, 3.63) is 24.3 Å². The van der Waals surface area contributed by atoms with Crippen molar-refractivity contribution in [1.82, 2.24) is 0 Å². The van der Waals surface area contributed by atoms with Gasteiger partial charge in [0.05, 0.1) is 55.3 Å². The summed E-state index contributed by atoms with van der Waals surface area (Å²) < 4.78 is 57.5. The molecule has 280 valence electrons. The van der Waals surface area contributed by atoms with Crippen molar-refractivity contribution in [3.8, 4) is 0 Å². The smallest absolute Gasteiger partial charge is 0.311 e. The molecule has 0 aliphatic carbocycles. The lowest BCUT2D eigenvalue weighted by Gasteiger charge is -2.48. The number of hydrogen-bond acceptors (Lipinski definition) is 10. The summed E-state index contributed by atoms with van der Waals surface area (Å²) in [7, 11) is 1.73. The summed E-state index contributed by atoms with van der Waals surface area (Å²) >= 11 is 0. The summed E-state index contributed by atoms with van der Waals surface area (Å²) in [5.41, 5.74) is 0.759. The van der Waals surface area contributed by atoms with E-state index in [1.165, 1.54) is 5.57 Å². The summed E-state index contributed by atoms with van der Waals surface area (Å²) in [5.74, 6) is -2.27. The minimum absolute atomic E-state index is 0.0348. The maximum absolute atomic E-state index is 12.3. The Kier molecular flexibility index (Phi) is 12.1. The van der Waals surface area contributed by atoms with Crippen LogP contribution in [0.1, 0.15) is 114 Å². The SMILES string of the molecule is C=C[C@@H](C)[C@@H]1OC(C)(C)O[C@@H]1[C@H]1O[C@@]2(C=C(C[C@@H]3C[C@@H]([C@@H]4CCC[C@H](CCOC(=O)C(C)(C)C)O4)OC(C)(C)O3)[C@@H](C)CO2)CC[C@@H]1OC. The van der Waals surface area contributed by atoms with Gasteiger partial charge in [-0.1, -0.05) is 25.5 Å². The molecule has 0 aromatic carbocycles. The molecular weight excluding hydrogens is 628 g/mol. The van der Waals surface area contributed by atoms with E-state index < -0.39 is 22.8 Å². The lowest BCUT2D eigenvalue weighted by atomic mass is 9.84. The highest BCUT2D eigenvalue weighted by Gasteiger charge is 2.54. The molecule has 5 heterocycles. The minimum atomic E-state index is -0.879. The molecule has 0 aromatic heterocycles. The summed E-state index contributed by atoms with van der Waals surface area (Å²) in [4.78, 5) is 12.3. The summed E-state index contributed by atoms with van der Waals surface area (Å²) in [6, 6.07) is 0. The first-order valence-electron chi connectivity index (χ1n) is 18.7. The van der Waals surface area contributed by atoms with Gasteiger partial charge in [0.25, 0.3) is 0 Å². The molecule has 0 amide bonds. The fourth-order valence-electron chi connectivity index (χ4n) is 8.01. The molecule has 11 atom stereocenters. The van der Waals surface area contributed by atoms with Gasteiger partial charge in [-0.2, -0.15) is 0 Å². The third-order valence-corrected chi connectivity index (χ3v) is 10.7. The Hall–Kier alpha value is -1.37. The van der Waals surface area contributed by atoms with E-state index in [2.05, 4.69) is 26.5 Å². The van der Waals surface area contributed by atoms with Crippen LogP contribution in [0.3, 0.4) is 0 Å². The van der Waals surface area contributed by atoms with E-state index >= 15 is 0 Å². The van der Waals surface area contributed by atoms with Gasteiger partial charge < -0.3 is 42.6 Å². The zero-order valence-corrected chi connectivity index (χ0v) is 31.8. The number of rotatable bonds is 10. The molecule has 0 N–H and O–H groups in total. The van der Waals surface area contributed by atoms with Gasteiger partial charge in [-0.25, -0.2) is 0 Å². The van der Waals surface area contributed by atoms with Crippen LogP contribution in [0.25, 0.3) is 0 Å². The van der Waals surface area contributed by atoms with Crippen molar-refractivity contribution in [3.63, 3.8) is 0 Å². The third-order valence-electron chi connectivity index (χ3n) is 10.7. The topological polar surface area (TPSA) is 100 Å². The normalized spacial score (nSPS) is 40.0. The molecule has 4 saturated heterocycles. The molecule has 0 bridgehead atoms. The standard InChI is InChI=1S/C39H64O10/c1-12-24(2)32-34(48-38(9,10)47-32)33-30(41-11)16-18-39(49-33)22-26(25(3)23-43-39)20-28-21-31(46-37(7,8)45-28)29-15-13-14-27(44-29)17-19-42-35(40)36(4,5)6/h12,22,24-25,27-34H,1,13-21,23H2,2-11H3/t24-,25+,27-,28-,29+,30+,31+,32+,33+,34+,39-/m1/s1. The Morgan fingerprint density at radius 2 is 1.73 bits per heavy atom. The van der Waals surface area contributed by atoms with E-state index in [-0.39, 0.29) is 66.6 Å². The van der Waals surface area contributed by atoms with Crippen LogP contribution in [-0.2, 0) is 47.4 Å². The number of carbonyl (C=O) groups excluding carboxylic acids is 1. The molecule has 0 aromatic rings. The molecule has 49 heavy (non-hydrogen) atoms. The lowest BCUT2D eigenvalue weighted by Crippen LogP contribution is -2.57. The zero-order valence-electron chi connectivity index (χ0n) is 31.8. The fourth-order valence-corrected chi connectivity index (χ4v) is 8.01. The quantitative estimate of drug-likeness (QED) is 0.175. The number of esters is 1. The molecule has 0 saturated carbocycles. The fraction of sp³-hybridized carbons (Fsp3) is 0.872. The molecule has 10 heteroatoms. The first-order chi connectivity index (χ1) is 22.9. The molecule has 4 fully saturated rings. The highest BCUT2D eigenvalue weighted by molar-refractivity contribution is 5.75. The van der Waals surface area contributed by atoms with Crippen LogP contribution in [-0.4, -0.2) is 92.5 Å². The second kappa shape index (κ2) is 15.3. The molecular formula is C39H64O10. The second-order valence-corrected chi connectivity index (χ2v) is 16.9. The van der Waals surface area contributed by atoms with Crippen LogP contribution >= 0.6 is 0 Å². The van der Waals surface area contributed by atoms with Gasteiger partial charge in [-0.15, -0.1) is 6.58 Å². The van der Waals surface area contributed by atoms with Gasteiger partial charge in [-0.05, 0) is 86.6 Å². The lowest BCUT2D eigenvalue weighted by molar-refractivity contribution is -0.321. The summed E-state index contributed by atoms with van der Waals surface area (Å²) in [5, 5.41) is 0. The first-order valence-corrected chi connectivity index (χ1v) is 18.7. The number of carbonyl (C=O) groups is 1. The number of ether oxygens (including phenoxy) is 9. The predicted octanol–water partition coefficient (Wildman–Crippen LogP) is 7.03. The van der Waals surface area contributed by atoms with E-state index in [9.17, 15) is 4.79 Å². The van der Waals surface area contributed by atoms with Gasteiger partial charge >= 0.3 is 5.97 Å². The highest BCUT2D eigenvalue weighted by Crippen LogP contribution is 2.45. The van der Waals surface area contributed by atoms with Crippen molar-refractivity contribution in [1.29, 1.82) is 0 Å². The Labute approximate surface area is 294 Å². The molecule has 5 aliphatic heterocycles. The van der Waals surface area contributed by atoms with Crippen molar-refractivity contribution in [2.45, 2.75) is 180 Å². The van der Waals surface area contributed by atoms with Gasteiger partial charge in [0, 0.05) is 38.2 Å². The van der Waals surface area contributed by atoms with Crippen LogP contribution in [0.4, 0.5) is 0 Å². The van der Waals surface area contributed by atoms with Crippen LogP contribution < -0.4 is 0 Å². The van der Waals surface area contributed by atoms with Crippen LogP contribution in [0.5, 0.6) is 0 Å². The maximum Gasteiger partial charge on any atom is 0.311 e. The van der Waals surface area contributed by atoms with Crippen LogP contribution in [0, 0.1) is 17.3 Å². The van der Waals surface area contributed by atoms with Crippen LogP contribution in [0.15, 0.2) is 24.3 Å². The second-order valence-electron chi connectivity index (χ2n) is 16.9. The van der Waals surface area contributed by atoms with Crippen molar-refractivity contribution in [2.24, 2.45) is 17.3 Å². The van der Waals surface area contributed by atoms with E-state index in [0.717, 1.165) is 38.5 Å². The Balaban J connectivity index is 1.27. The Morgan fingerprint density at radius 1 is 1.00 bits per heavy atom. The van der Waals surface area contributed by atoms with E-state index in [1.54, 1.807) is 7.11 Å². The molecule has 5 aliphatic rings.